The van der Waals surface area contributed by atoms with Crippen LogP contribution in [0.15, 0.2) is 123 Å². The summed E-state index contributed by atoms with van der Waals surface area (Å²) >= 11 is 19.9. The van der Waals surface area contributed by atoms with Crippen molar-refractivity contribution in [2.24, 2.45) is 0 Å². The van der Waals surface area contributed by atoms with Gasteiger partial charge in [0.1, 0.15) is 0 Å². The van der Waals surface area contributed by atoms with E-state index in [-0.39, 0.29) is 28.3 Å². The summed E-state index contributed by atoms with van der Waals surface area (Å²) < 4.78 is 4.84. The van der Waals surface area contributed by atoms with E-state index in [9.17, 15) is 9.59 Å². The van der Waals surface area contributed by atoms with Crippen molar-refractivity contribution in [3.63, 3.8) is 0 Å². The Morgan fingerprint density at radius 2 is 0.838 bits per heavy atom. The second kappa shape index (κ2) is 15.7. The molecule has 2 aromatic carbocycles. The third-order valence-electron chi connectivity index (χ3n) is 4.55. The maximum atomic E-state index is 11.8. The van der Waals surface area contributed by atoms with Crippen LogP contribution in [0.3, 0.4) is 0 Å². The van der Waals surface area contributed by atoms with Crippen molar-refractivity contribution in [2.45, 2.75) is 0 Å². The van der Waals surface area contributed by atoms with Crippen molar-refractivity contribution in [1.82, 2.24) is 0 Å². The number of ketones is 2. The molecule has 0 bridgehead atoms. The smallest absolute Gasteiger partial charge is 0.201 e. The maximum Gasteiger partial charge on any atom is 0.201 e. The van der Waals surface area contributed by atoms with Crippen LogP contribution in [0.2, 0.25) is 0 Å². The summed E-state index contributed by atoms with van der Waals surface area (Å²) in [7, 11) is 0. The molecule has 1 radical (unpaired) electrons. The first-order chi connectivity index (χ1) is 17.1. The van der Waals surface area contributed by atoms with E-state index in [4.69, 9.17) is 0 Å². The van der Waals surface area contributed by atoms with Crippen LogP contribution >= 0.6 is 95.6 Å². The summed E-state index contributed by atoms with van der Waals surface area (Å²) in [5.74, 6) is -0.0781. The topological polar surface area (TPSA) is 58.2 Å². The van der Waals surface area contributed by atoms with Crippen molar-refractivity contribution >= 4 is 119 Å². The van der Waals surface area contributed by atoms with Crippen LogP contribution in [-0.4, -0.2) is 11.6 Å². The van der Waals surface area contributed by atoms with Crippen LogP contribution < -0.4 is 10.6 Å². The van der Waals surface area contributed by atoms with Crippen molar-refractivity contribution in [3.8, 4) is 0 Å². The zero-order valence-corrected chi connectivity index (χ0v) is 29.1. The number of Topliss-reactive ketones (excluding diaryl/α,β-unsaturated/α-hetero) is 2. The van der Waals surface area contributed by atoms with Crippen molar-refractivity contribution in [3.05, 3.63) is 123 Å². The molecule has 0 fully saturated rings. The standard InChI is InChI=1S/2C13H8Br3NO.Co/c2*14-9-1-3-11(4-2-9)17-7-8-5-10(15)6-12(16)13(8)18;/h2*1-7,17H;/b2*8-7-;. The average molecular weight is 927 g/mol. The Hall–Kier alpha value is -0.794. The van der Waals surface area contributed by atoms with Crippen LogP contribution in [0.4, 0.5) is 11.4 Å². The van der Waals surface area contributed by atoms with Crippen LogP contribution in [0.25, 0.3) is 0 Å². The molecule has 4 rings (SSSR count). The van der Waals surface area contributed by atoms with E-state index in [2.05, 4.69) is 106 Å². The van der Waals surface area contributed by atoms with E-state index >= 15 is 0 Å². The molecule has 37 heavy (non-hydrogen) atoms. The van der Waals surface area contributed by atoms with Crippen LogP contribution in [0, 0.1) is 0 Å². The van der Waals surface area contributed by atoms with Crippen LogP contribution in [0.5, 0.6) is 0 Å². The van der Waals surface area contributed by atoms with Gasteiger partial charge in [-0.25, -0.2) is 0 Å². The van der Waals surface area contributed by atoms with Crippen LogP contribution in [-0.2, 0) is 26.4 Å². The first kappa shape index (κ1) is 32.4. The molecule has 4 nitrogen and oxygen atoms in total. The molecule has 2 N–H and O–H groups in total. The molecule has 11 heteroatoms. The van der Waals surface area contributed by atoms with Crippen LogP contribution in [0.1, 0.15) is 0 Å². The van der Waals surface area contributed by atoms with Gasteiger partial charge in [-0.1, -0.05) is 63.7 Å². The molecule has 0 aromatic heterocycles. The fraction of sp³-hybridized carbons (Fsp3) is 0. The predicted octanol–water partition coefficient (Wildman–Crippen LogP) is 9.77. The van der Waals surface area contributed by atoms with E-state index < -0.39 is 0 Å². The van der Waals surface area contributed by atoms with Gasteiger partial charge in [-0.05, 0) is 105 Å². The number of hydrogen-bond donors (Lipinski definition) is 2. The van der Waals surface area contributed by atoms with Gasteiger partial charge < -0.3 is 10.6 Å². The molecule has 2 aliphatic rings. The number of halogens is 6. The summed E-state index contributed by atoms with van der Waals surface area (Å²) in [6, 6.07) is 15.5. The molecule has 0 aliphatic heterocycles. The summed E-state index contributed by atoms with van der Waals surface area (Å²) in [5.41, 5.74) is 3.04. The van der Waals surface area contributed by atoms with E-state index in [1.165, 1.54) is 0 Å². The summed E-state index contributed by atoms with van der Waals surface area (Å²) in [4.78, 5) is 23.7. The maximum absolute atomic E-state index is 11.8. The van der Waals surface area contributed by atoms with Gasteiger partial charge in [0.25, 0.3) is 0 Å². The van der Waals surface area contributed by atoms with Gasteiger partial charge in [0.15, 0.2) is 0 Å². The molecule has 193 valence electrons. The van der Waals surface area contributed by atoms with Gasteiger partial charge in [-0.2, -0.15) is 0 Å². The Morgan fingerprint density at radius 1 is 0.514 bits per heavy atom. The Labute approximate surface area is 275 Å². The van der Waals surface area contributed by atoms with Gasteiger partial charge in [-0.15, -0.1) is 0 Å². The summed E-state index contributed by atoms with van der Waals surface area (Å²) in [5, 5.41) is 6.19. The first-order valence-corrected chi connectivity index (χ1v) is 14.9. The third-order valence-corrected chi connectivity index (χ3v) is 7.70. The number of nitrogens with one attached hydrogen (secondary N) is 2. The van der Waals surface area contributed by atoms with Crippen molar-refractivity contribution in [2.75, 3.05) is 10.6 Å². The number of benzene rings is 2. The van der Waals surface area contributed by atoms with Gasteiger partial charge in [0.05, 0.1) is 8.96 Å². The van der Waals surface area contributed by atoms with E-state index in [0.29, 0.717) is 20.1 Å². The molecule has 0 amide bonds. The largest absolute Gasteiger partial charge is 0.361 e. The molecule has 0 saturated carbocycles. The monoisotopic (exact) mass is 921 g/mol. The average Bonchev–Trinajstić information content (AvgIpc) is 2.84. The fourth-order valence-electron chi connectivity index (χ4n) is 2.79. The molecule has 0 atom stereocenters. The molecule has 2 aliphatic carbocycles. The Balaban J connectivity index is 0.000000253. The number of rotatable bonds is 4. The molecule has 0 saturated heterocycles. The normalized spacial score (nSPS) is 17.0. The fourth-order valence-corrected chi connectivity index (χ4v) is 5.83. The second-order valence-corrected chi connectivity index (χ2v) is 12.6. The molecular formula is C26H16Br6CoN2O2. The third kappa shape index (κ3) is 10.4. The number of carbonyl (C=O) groups is 2. The van der Waals surface area contributed by atoms with Gasteiger partial charge >= 0.3 is 0 Å². The van der Waals surface area contributed by atoms with E-state index in [1.807, 2.05) is 48.5 Å². The minimum absolute atomic E-state index is 0. The molecule has 0 unspecified atom stereocenters. The number of carbonyl (C=O) groups excluding carboxylic acids is 2. The zero-order chi connectivity index (χ0) is 26.2. The Bertz CT molecular complexity index is 1250. The SMILES string of the molecule is O=C1C(Br)=CC(Br)=C/C1=C/Nc1ccc(Br)cc1.O=C1C(Br)=CC(Br)=C/C1=C/Nc1ccc(Br)cc1.[Co]. The van der Waals surface area contributed by atoms with Gasteiger partial charge in [0, 0.05) is 69.6 Å². The first-order valence-electron chi connectivity index (χ1n) is 10.1. The van der Waals surface area contributed by atoms with Gasteiger partial charge in [-0.3, -0.25) is 9.59 Å². The zero-order valence-electron chi connectivity index (χ0n) is 18.5. The quantitative estimate of drug-likeness (QED) is 0.300. The Morgan fingerprint density at radius 3 is 1.16 bits per heavy atom. The van der Waals surface area contributed by atoms with E-state index in [0.717, 1.165) is 29.3 Å². The van der Waals surface area contributed by atoms with E-state index in [1.54, 1.807) is 36.7 Å². The molecule has 2 aromatic rings. The Kier molecular flexibility index (Phi) is 13.8. The minimum Gasteiger partial charge on any atom is -0.361 e. The number of anilines is 2. The number of allylic oxidation sites excluding steroid dienone is 10. The molecule has 0 spiro atoms. The van der Waals surface area contributed by atoms with Crippen molar-refractivity contribution in [1.29, 1.82) is 0 Å². The summed E-state index contributed by atoms with van der Waals surface area (Å²) in [6.07, 6.45) is 10.4. The number of hydrogen-bond acceptors (Lipinski definition) is 4. The molecular weight excluding hydrogens is 911 g/mol. The second-order valence-electron chi connectivity index (χ2n) is 7.20. The predicted molar refractivity (Wildman–Crippen MR) is 170 cm³/mol. The molecule has 0 heterocycles. The summed E-state index contributed by atoms with van der Waals surface area (Å²) in [6.45, 7) is 0. The van der Waals surface area contributed by atoms with Crippen molar-refractivity contribution < 1.29 is 26.4 Å². The van der Waals surface area contributed by atoms with Gasteiger partial charge in [0.2, 0.25) is 11.6 Å². The minimum atomic E-state index is -0.0391.